The molecule has 0 aliphatic carbocycles. The van der Waals surface area contributed by atoms with Crippen LogP contribution in [0.4, 0.5) is 0 Å². The van der Waals surface area contributed by atoms with Gasteiger partial charge in [-0.1, -0.05) is 13.8 Å². The number of aryl methyl sites for hydroxylation is 2. The van der Waals surface area contributed by atoms with Crippen LogP contribution in [0.2, 0.25) is 0 Å². The molecule has 20 heavy (non-hydrogen) atoms. The Morgan fingerprint density at radius 2 is 2.05 bits per heavy atom. The SMILES string of the molecule is CCc1cc(C(=O)N(CC(=O)O)C(C)CC)n(CC)n1. The van der Waals surface area contributed by atoms with Gasteiger partial charge in [0, 0.05) is 12.6 Å². The molecule has 0 saturated carbocycles. The minimum Gasteiger partial charge on any atom is -0.480 e. The van der Waals surface area contributed by atoms with E-state index in [4.69, 9.17) is 5.11 Å². The van der Waals surface area contributed by atoms with Crippen molar-refractivity contribution >= 4 is 11.9 Å². The Kier molecular flexibility index (Phi) is 5.73. The summed E-state index contributed by atoms with van der Waals surface area (Å²) in [5, 5.41) is 13.3. The van der Waals surface area contributed by atoms with Crippen molar-refractivity contribution in [2.75, 3.05) is 6.54 Å². The molecular weight excluding hydrogens is 258 g/mol. The van der Waals surface area contributed by atoms with Crippen molar-refractivity contribution in [2.24, 2.45) is 0 Å². The van der Waals surface area contributed by atoms with Crippen LogP contribution in [-0.2, 0) is 17.8 Å². The molecule has 6 heteroatoms. The smallest absolute Gasteiger partial charge is 0.323 e. The number of rotatable bonds is 7. The molecule has 1 unspecified atom stereocenters. The lowest BCUT2D eigenvalue weighted by atomic mass is 10.2. The zero-order valence-corrected chi connectivity index (χ0v) is 12.6. The Balaban J connectivity index is 3.10. The number of hydrogen-bond acceptors (Lipinski definition) is 3. The Morgan fingerprint density at radius 1 is 1.40 bits per heavy atom. The van der Waals surface area contributed by atoms with E-state index in [1.165, 1.54) is 4.90 Å². The summed E-state index contributed by atoms with van der Waals surface area (Å²) in [6, 6.07) is 1.63. The van der Waals surface area contributed by atoms with E-state index >= 15 is 0 Å². The van der Waals surface area contributed by atoms with Crippen LogP contribution >= 0.6 is 0 Å². The van der Waals surface area contributed by atoms with Crippen LogP contribution in [-0.4, -0.2) is 44.3 Å². The molecule has 1 aromatic rings. The third kappa shape index (κ3) is 3.59. The molecule has 0 saturated heterocycles. The molecule has 0 aliphatic heterocycles. The van der Waals surface area contributed by atoms with Crippen molar-refractivity contribution in [3.8, 4) is 0 Å². The van der Waals surface area contributed by atoms with Crippen LogP contribution < -0.4 is 0 Å². The number of nitrogens with zero attached hydrogens (tertiary/aromatic N) is 3. The topological polar surface area (TPSA) is 75.4 Å². The van der Waals surface area contributed by atoms with E-state index in [0.717, 1.165) is 12.1 Å². The highest BCUT2D eigenvalue weighted by Crippen LogP contribution is 2.13. The number of carboxylic acids is 1. The van der Waals surface area contributed by atoms with Gasteiger partial charge in [0.25, 0.3) is 5.91 Å². The predicted molar refractivity (Wildman–Crippen MR) is 75.7 cm³/mol. The lowest BCUT2D eigenvalue weighted by Crippen LogP contribution is -2.42. The van der Waals surface area contributed by atoms with Gasteiger partial charge in [-0.2, -0.15) is 5.10 Å². The van der Waals surface area contributed by atoms with Gasteiger partial charge in [0.1, 0.15) is 12.2 Å². The summed E-state index contributed by atoms with van der Waals surface area (Å²) in [6.45, 7) is 7.97. The number of carboxylic acid groups (broad SMARTS) is 1. The van der Waals surface area contributed by atoms with Gasteiger partial charge in [0.05, 0.1) is 5.69 Å². The molecular formula is C14H23N3O3. The Bertz CT molecular complexity index is 482. The van der Waals surface area contributed by atoms with E-state index < -0.39 is 5.97 Å². The zero-order chi connectivity index (χ0) is 15.3. The number of aliphatic carboxylic acids is 1. The second-order valence-electron chi connectivity index (χ2n) is 4.77. The maximum atomic E-state index is 12.6. The Hall–Kier alpha value is -1.85. The molecule has 1 atom stereocenters. The molecule has 0 aromatic carbocycles. The average Bonchev–Trinajstić information content (AvgIpc) is 2.86. The standard InChI is InChI=1S/C14H23N3O3/c1-5-10(4)16(9-13(18)19)14(20)12-8-11(6-2)15-17(12)7-3/h8,10H,5-7,9H2,1-4H3,(H,18,19). The summed E-state index contributed by atoms with van der Waals surface area (Å²) in [7, 11) is 0. The van der Waals surface area contributed by atoms with E-state index in [-0.39, 0.29) is 18.5 Å². The van der Waals surface area contributed by atoms with Crippen LogP contribution in [0.1, 0.15) is 50.3 Å². The monoisotopic (exact) mass is 281 g/mol. The van der Waals surface area contributed by atoms with Crippen molar-refractivity contribution in [1.29, 1.82) is 0 Å². The summed E-state index contributed by atoms with van der Waals surface area (Å²) < 4.78 is 1.64. The number of carbonyl (C=O) groups excluding carboxylic acids is 1. The van der Waals surface area contributed by atoms with E-state index in [1.54, 1.807) is 10.7 Å². The van der Waals surface area contributed by atoms with Crippen molar-refractivity contribution in [1.82, 2.24) is 14.7 Å². The summed E-state index contributed by atoms with van der Waals surface area (Å²) >= 11 is 0. The highest BCUT2D eigenvalue weighted by Gasteiger charge is 2.25. The van der Waals surface area contributed by atoms with E-state index in [9.17, 15) is 9.59 Å². The lowest BCUT2D eigenvalue weighted by Gasteiger charge is -2.26. The maximum Gasteiger partial charge on any atom is 0.323 e. The third-order valence-corrected chi connectivity index (χ3v) is 3.40. The summed E-state index contributed by atoms with van der Waals surface area (Å²) in [5.74, 6) is -1.27. The fraction of sp³-hybridized carbons (Fsp3) is 0.643. The fourth-order valence-electron chi connectivity index (χ4n) is 2.00. The van der Waals surface area contributed by atoms with Gasteiger partial charge >= 0.3 is 5.97 Å². The molecule has 1 amide bonds. The minimum absolute atomic E-state index is 0.121. The normalized spacial score (nSPS) is 12.2. The molecule has 0 fully saturated rings. The third-order valence-electron chi connectivity index (χ3n) is 3.40. The van der Waals surface area contributed by atoms with Crippen LogP contribution in [0.3, 0.4) is 0 Å². The highest BCUT2D eigenvalue weighted by atomic mass is 16.4. The molecule has 1 aromatic heterocycles. The van der Waals surface area contributed by atoms with Crippen molar-refractivity contribution in [3.63, 3.8) is 0 Å². The first kappa shape index (κ1) is 16.2. The molecule has 0 spiro atoms. The second-order valence-corrected chi connectivity index (χ2v) is 4.77. The lowest BCUT2D eigenvalue weighted by molar-refractivity contribution is -0.138. The molecule has 0 radical (unpaired) electrons. The first-order valence-corrected chi connectivity index (χ1v) is 7.03. The van der Waals surface area contributed by atoms with Gasteiger partial charge in [0.2, 0.25) is 0 Å². The molecule has 1 rings (SSSR count). The molecule has 1 heterocycles. The van der Waals surface area contributed by atoms with Gasteiger partial charge in [0.15, 0.2) is 0 Å². The zero-order valence-electron chi connectivity index (χ0n) is 12.6. The van der Waals surface area contributed by atoms with E-state index in [2.05, 4.69) is 5.10 Å². The second kappa shape index (κ2) is 7.07. The largest absolute Gasteiger partial charge is 0.480 e. The van der Waals surface area contributed by atoms with Crippen LogP contribution in [0.5, 0.6) is 0 Å². The van der Waals surface area contributed by atoms with Gasteiger partial charge in [-0.15, -0.1) is 0 Å². The molecule has 0 aliphatic rings. The summed E-state index contributed by atoms with van der Waals surface area (Å²) in [5.41, 5.74) is 1.31. The van der Waals surface area contributed by atoms with Crippen LogP contribution in [0.25, 0.3) is 0 Å². The molecule has 0 bridgehead atoms. The number of carbonyl (C=O) groups is 2. The summed E-state index contributed by atoms with van der Waals surface area (Å²) in [4.78, 5) is 25.0. The first-order valence-electron chi connectivity index (χ1n) is 7.03. The average molecular weight is 281 g/mol. The first-order chi connectivity index (χ1) is 9.44. The van der Waals surface area contributed by atoms with Crippen molar-refractivity contribution < 1.29 is 14.7 Å². The van der Waals surface area contributed by atoms with Crippen LogP contribution in [0.15, 0.2) is 6.07 Å². The summed E-state index contributed by atoms with van der Waals surface area (Å²) in [6.07, 6.45) is 1.45. The Morgan fingerprint density at radius 3 is 2.50 bits per heavy atom. The van der Waals surface area contributed by atoms with Gasteiger partial charge in [-0.3, -0.25) is 14.3 Å². The molecule has 1 N–H and O–H groups in total. The van der Waals surface area contributed by atoms with Gasteiger partial charge < -0.3 is 10.0 Å². The van der Waals surface area contributed by atoms with Gasteiger partial charge in [-0.25, -0.2) is 0 Å². The maximum absolute atomic E-state index is 12.6. The van der Waals surface area contributed by atoms with Crippen LogP contribution in [0, 0.1) is 0 Å². The minimum atomic E-state index is -1.00. The van der Waals surface area contributed by atoms with Crippen molar-refractivity contribution in [2.45, 2.75) is 53.1 Å². The number of aromatic nitrogens is 2. The van der Waals surface area contributed by atoms with E-state index in [0.29, 0.717) is 18.7 Å². The van der Waals surface area contributed by atoms with Crippen molar-refractivity contribution in [3.05, 3.63) is 17.5 Å². The quantitative estimate of drug-likeness (QED) is 0.826. The molecule has 6 nitrogen and oxygen atoms in total. The van der Waals surface area contributed by atoms with E-state index in [1.807, 2.05) is 27.7 Å². The predicted octanol–water partition coefficient (Wildman–Crippen LogP) is 1.79. The number of amides is 1. The highest BCUT2D eigenvalue weighted by molar-refractivity contribution is 5.94. The van der Waals surface area contributed by atoms with Gasteiger partial charge in [-0.05, 0) is 32.8 Å². The Labute approximate surface area is 119 Å². The fourth-order valence-corrected chi connectivity index (χ4v) is 2.00. The number of hydrogen-bond donors (Lipinski definition) is 1. The molecule has 112 valence electrons.